The number of carbonyl (C=O) groups is 1. The molecule has 0 bridgehead atoms. The molecule has 43 heavy (non-hydrogen) atoms. The highest BCUT2D eigenvalue weighted by molar-refractivity contribution is 6.31. The first kappa shape index (κ1) is 29.7. The fourth-order valence-electron chi connectivity index (χ4n) is 7.39. The van der Waals surface area contributed by atoms with Gasteiger partial charge in [0.15, 0.2) is 12.0 Å². The summed E-state index contributed by atoms with van der Waals surface area (Å²) in [5, 5.41) is 10.1. The van der Waals surface area contributed by atoms with Crippen molar-refractivity contribution >= 4 is 23.3 Å². The fraction of sp³-hybridized carbons (Fsp3) is 0.548. The zero-order valence-corrected chi connectivity index (χ0v) is 24.8. The lowest BCUT2D eigenvalue weighted by Gasteiger charge is -2.43. The highest BCUT2D eigenvalue weighted by Gasteiger charge is 2.51. The Morgan fingerprint density at radius 3 is 2.65 bits per heavy atom. The summed E-state index contributed by atoms with van der Waals surface area (Å²) in [5.41, 5.74) is 2.03. The Kier molecular flexibility index (Phi) is 8.03. The van der Waals surface area contributed by atoms with Crippen molar-refractivity contribution in [2.75, 3.05) is 44.7 Å². The second-order valence-corrected chi connectivity index (χ2v) is 12.5. The molecule has 2 fully saturated rings. The van der Waals surface area contributed by atoms with Gasteiger partial charge in [0.1, 0.15) is 18.6 Å². The molecular weight excluding hydrogens is 581 g/mol. The van der Waals surface area contributed by atoms with Crippen LogP contribution in [0.4, 0.5) is 19.0 Å². The number of likely N-dealkylation sites (N-methyl/N-ethyl adjacent to an activating group) is 1. The van der Waals surface area contributed by atoms with Crippen LogP contribution in [0.15, 0.2) is 30.6 Å². The van der Waals surface area contributed by atoms with Crippen LogP contribution in [0.2, 0.25) is 5.02 Å². The van der Waals surface area contributed by atoms with Crippen LogP contribution in [0.25, 0.3) is 0 Å². The smallest absolute Gasteiger partial charge is 0.318 e. The van der Waals surface area contributed by atoms with Crippen LogP contribution in [0, 0.1) is 11.3 Å². The molecule has 4 aliphatic rings. The minimum absolute atomic E-state index is 0.000878. The highest BCUT2D eigenvalue weighted by Crippen LogP contribution is 2.56. The second-order valence-electron chi connectivity index (χ2n) is 12.1. The molecule has 0 saturated carbocycles. The zero-order valence-electron chi connectivity index (χ0n) is 24.0. The number of piperazine rings is 1. The van der Waals surface area contributed by atoms with E-state index >= 15 is 4.39 Å². The van der Waals surface area contributed by atoms with Gasteiger partial charge < -0.3 is 14.5 Å². The Labute approximate surface area is 254 Å². The van der Waals surface area contributed by atoms with Crippen molar-refractivity contribution < 1.29 is 22.7 Å². The van der Waals surface area contributed by atoms with Gasteiger partial charge in [0.05, 0.1) is 24.2 Å². The predicted molar refractivity (Wildman–Crippen MR) is 155 cm³/mol. The van der Waals surface area contributed by atoms with Crippen LogP contribution in [0.5, 0.6) is 6.01 Å². The van der Waals surface area contributed by atoms with Gasteiger partial charge >= 0.3 is 6.01 Å². The van der Waals surface area contributed by atoms with Crippen molar-refractivity contribution in [3.05, 3.63) is 58.0 Å². The van der Waals surface area contributed by atoms with Crippen molar-refractivity contribution in [3.8, 4) is 12.1 Å². The number of rotatable bonds is 6. The van der Waals surface area contributed by atoms with Gasteiger partial charge in [-0.15, -0.1) is 0 Å². The Bertz CT molecular complexity index is 1490. The summed E-state index contributed by atoms with van der Waals surface area (Å²) >= 11 is 6.51. The third kappa shape index (κ3) is 5.22. The number of hydrogen-bond donors (Lipinski definition) is 0. The molecule has 2 saturated heterocycles. The van der Waals surface area contributed by atoms with Gasteiger partial charge in [-0.1, -0.05) is 30.3 Å². The van der Waals surface area contributed by atoms with E-state index in [1.165, 1.54) is 4.90 Å². The lowest BCUT2D eigenvalue weighted by molar-refractivity contribution is -0.131. The average Bonchev–Trinajstić information content (AvgIpc) is 3.53. The SMILES string of the molecule is C=C(F)C(=O)N1CCN(c2nc(OC[C@@H]3C[C@@H](F)CN3C)nc3c2CC[C@@]2(CCc4c(Cl)cccc42)[C@H]3F)C[C@@H]1CC#N. The summed E-state index contributed by atoms with van der Waals surface area (Å²) in [6.45, 7) is 4.22. The molecule has 2 aromatic rings. The van der Waals surface area contributed by atoms with E-state index < -0.39 is 35.5 Å². The standard InChI is InChI=1S/C31H34ClF3N6O2/c1-18(33)29(42)41-13-12-40(16-20(41)8-11-36)28-23-7-10-31(9-6-22-24(31)4-3-5-25(22)32)27(35)26(23)37-30(38-28)43-17-21-14-19(34)15-39(21)2/h3-5,19-21,27H,1,6-10,12-17H2,2H3/t19-,20+,21+,27+,31-/m1/s1. The van der Waals surface area contributed by atoms with Gasteiger partial charge in [0.2, 0.25) is 0 Å². The van der Waals surface area contributed by atoms with Gasteiger partial charge in [-0.2, -0.15) is 15.2 Å². The quantitative estimate of drug-likeness (QED) is 0.432. The number of hydrogen-bond acceptors (Lipinski definition) is 7. The van der Waals surface area contributed by atoms with E-state index in [0.29, 0.717) is 61.6 Å². The molecule has 2 aliphatic heterocycles. The van der Waals surface area contributed by atoms with Crippen LogP contribution in [-0.2, 0) is 23.1 Å². The fourth-order valence-corrected chi connectivity index (χ4v) is 7.66. The van der Waals surface area contributed by atoms with E-state index in [2.05, 4.69) is 17.6 Å². The monoisotopic (exact) mass is 614 g/mol. The maximum atomic E-state index is 17.0. The van der Waals surface area contributed by atoms with Crippen molar-refractivity contribution in [2.24, 2.45) is 0 Å². The largest absolute Gasteiger partial charge is 0.462 e. The Hall–Kier alpha value is -3.36. The number of carbonyl (C=O) groups excluding carboxylic acids is 1. The normalized spacial score (nSPS) is 28.5. The van der Waals surface area contributed by atoms with E-state index in [0.717, 1.165) is 11.1 Å². The van der Waals surface area contributed by atoms with Crippen molar-refractivity contribution in [1.82, 2.24) is 19.8 Å². The third-order valence-corrected chi connectivity index (χ3v) is 10.0. The van der Waals surface area contributed by atoms with Crippen LogP contribution in [0.1, 0.15) is 54.2 Å². The molecule has 8 nitrogen and oxygen atoms in total. The van der Waals surface area contributed by atoms with Crippen molar-refractivity contribution in [1.29, 1.82) is 5.26 Å². The molecule has 3 heterocycles. The van der Waals surface area contributed by atoms with Gasteiger partial charge in [0.25, 0.3) is 5.91 Å². The number of ether oxygens (including phenoxy) is 1. The number of likely N-dealkylation sites (tertiary alicyclic amines) is 1. The molecule has 6 rings (SSSR count). The topological polar surface area (TPSA) is 85.6 Å². The number of halogens is 4. The summed E-state index contributed by atoms with van der Waals surface area (Å²) in [5.74, 6) is -1.44. The molecule has 1 spiro atoms. The number of aromatic nitrogens is 2. The zero-order chi connectivity index (χ0) is 30.5. The van der Waals surface area contributed by atoms with Crippen LogP contribution in [-0.4, -0.2) is 83.8 Å². The summed E-state index contributed by atoms with van der Waals surface area (Å²) in [7, 11) is 1.83. The summed E-state index contributed by atoms with van der Waals surface area (Å²) < 4.78 is 50.8. The van der Waals surface area contributed by atoms with Crippen molar-refractivity contribution in [3.63, 3.8) is 0 Å². The highest BCUT2D eigenvalue weighted by atomic mass is 35.5. The number of amides is 1. The Balaban J connectivity index is 1.37. The van der Waals surface area contributed by atoms with Gasteiger partial charge in [-0.05, 0) is 56.3 Å². The first-order valence-electron chi connectivity index (χ1n) is 14.7. The summed E-state index contributed by atoms with van der Waals surface area (Å²) in [6.07, 6.45) is 0.245. The van der Waals surface area contributed by atoms with Gasteiger partial charge in [-0.3, -0.25) is 9.69 Å². The Morgan fingerprint density at radius 1 is 1.19 bits per heavy atom. The number of benzene rings is 1. The lowest BCUT2D eigenvalue weighted by Crippen LogP contribution is -2.55. The Morgan fingerprint density at radius 2 is 1.95 bits per heavy atom. The number of fused-ring (bicyclic) bond motifs is 3. The lowest BCUT2D eigenvalue weighted by atomic mass is 9.68. The van der Waals surface area contributed by atoms with E-state index in [9.17, 15) is 18.8 Å². The number of nitriles is 1. The van der Waals surface area contributed by atoms with Crippen LogP contribution in [0.3, 0.4) is 0 Å². The minimum atomic E-state index is -1.45. The molecule has 228 valence electrons. The molecule has 1 amide bonds. The first-order chi connectivity index (χ1) is 20.6. The number of nitrogens with zero attached hydrogens (tertiary/aromatic N) is 6. The van der Waals surface area contributed by atoms with E-state index in [1.54, 1.807) is 0 Å². The average molecular weight is 615 g/mol. The summed E-state index contributed by atoms with van der Waals surface area (Å²) in [4.78, 5) is 27.0. The molecule has 1 aromatic heterocycles. The molecule has 12 heteroatoms. The molecule has 0 N–H and O–H groups in total. The molecular formula is C31H34ClF3N6O2. The van der Waals surface area contributed by atoms with Crippen LogP contribution >= 0.6 is 11.6 Å². The molecule has 1 aromatic carbocycles. The summed E-state index contributed by atoms with van der Waals surface area (Å²) in [6, 6.07) is 6.95. The van der Waals surface area contributed by atoms with E-state index in [4.69, 9.17) is 21.3 Å². The third-order valence-electron chi connectivity index (χ3n) is 9.66. The number of anilines is 1. The minimum Gasteiger partial charge on any atom is -0.462 e. The maximum absolute atomic E-state index is 17.0. The molecule has 2 aliphatic carbocycles. The molecule has 0 unspecified atom stereocenters. The van der Waals surface area contributed by atoms with E-state index in [1.807, 2.05) is 35.0 Å². The van der Waals surface area contributed by atoms with E-state index in [-0.39, 0.29) is 43.9 Å². The number of alkyl halides is 2. The molecule has 0 radical (unpaired) electrons. The van der Waals surface area contributed by atoms with Gasteiger partial charge in [0, 0.05) is 48.2 Å². The molecule has 5 atom stereocenters. The maximum Gasteiger partial charge on any atom is 0.318 e. The van der Waals surface area contributed by atoms with Crippen molar-refractivity contribution in [2.45, 2.75) is 68.4 Å². The predicted octanol–water partition coefficient (Wildman–Crippen LogP) is 4.81. The second kappa shape index (κ2) is 11.6. The first-order valence-corrected chi connectivity index (χ1v) is 15.1. The van der Waals surface area contributed by atoms with Crippen LogP contribution < -0.4 is 9.64 Å². The van der Waals surface area contributed by atoms with Gasteiger partial charge in [-0.25, -0.2) is 13.2 Å².